The van der Waals surface area contributed by atoms with Crippen molar-refractivity contribution in [2.45, 2.75) is 27.7 Å². The molecular formula is C17H24BrNO5. The molecule has 0 aliphatic rings. The molecule has 0 atom stereocenters. The van der Waals surface area contributed by atoms with E-state index in [0.717, 1.165) is 16.4 Å². The smallest absolute Gasteiger partial charge is 0.348 e. The highest BCUT2D eigenvalue weighted by atomic mass is 79.9. The summed E-state index contributed by atoms with van der Waals surface area (Å²) in [6.45, 7) is 7.84. The standard InChI is InChI=1S/C10H16O5.C7H8BrN/c1-4-13-7-8(9(11)14-5-2)10(12)15-6-3;1-5-2-3-6(9)4-7(5)8/h7H,4-6H2,1-3H3;2-4H,9H2,1H3. The minimum absolute atomic E-state index is 0.196. The summed E-state index contributed by atoms with van der Waals surface area (Å²) in [5.74, 6) is -1.46. The molecule has 7 heteroatoms. The topological polar surface area (TPSA) is 87.8 Å². The van der Waals surface area contributed by atoms with Crippen molar-refractivity contribution >= 4 is 33.6 Å². The Kier molecular flexibility index (Phi) is 11.4. The first-order chi connectivity index (χ1) is 11.4. The predicted octanol–water partition coefficient (Wildman–Crippen LogP) is 3.37. The van der Waals surface area contributed by atoms with Gasteiger partial charge in [0.2, 0.25) is 0 Å². The van der Waals surface area contributed by atoms with Crippen LogP contribution in [0.3, 0.4) is 0 Å². The molecule has 0 bridgehead atoms. The molecule has 0 aliphatic heterocycles. The molecule has 1 rings (SSSR count). The molecular weight excluding hydrogens is 378 g/mol. The molecule has 0 saturated carbocycles. The van der Waals surface area contributed by atoms with Crippen molar-refractivity contribution in [1.82, 2.24) is 0 Å². The van der Waals surface area contributed by atoms with Gasteiger partial charge in [-0.15, -0.1) is 0 Å². The van der Waals surface area contributed by atoms with Crippen LogP contribution in [-0.2, 0) is 23.8 Å². The third-order valence-electron chi connectivity index (χ3n) is 2.55. The first-order valence-corrected chi connectivity index (χ1v) is 8.34. The summed E-state index contributed by atoms with van der Waals surface area (Å²) in [5, 5.41) is 0. The van der Waals surface area contributed by atoms with Gasteiger partial charge in [0, 0.05) is 10.2 Å². The maximum atomic E-state index is 11.3. The van der Waals surface area contributed by atoms with Gasteiger partial charge in [0.1, 0.15) is 6.26 Å². The minimum Gasteiger partial charge on any atom is -0.500 e. The zero-order valence-corrected chi connectivity index (χ0v) is 16.0. The second kappa shape index (κ2) is 12.4. The molecule has 0 saturated heterocycles. The monoisotopic (exact) mass is 401 g/mol. The van der Waals surface area contributed by atoms with Crippen LogP contribution in [0.25, 0.3) is 0 Å². The Bertz CT molecular complexity index is 552. The van der Waals surface area contributed by atoms with Crippen molar-refractivity contribution in [3.63, 3.8) is 0 Å². The molecule has 24 heavy (non-hydrogen) atoms. The van der Waals surface area contributed by atoms with Crippen LogP contribution in [0, 0.1) is 6.92 Å². The van der Waals surface area contributed by atoms with Crippen LogP contribution in [-0.4, -0.2) is 31.8 Å². The summed E-state index contributed by atoms with van der Waals surface area (Å²) >= 11 is 3.37. The number of anilines is 1. The molecule has 2 N–H and O–H groups in total. The first kappa shape index (κ1) is 22.0. The van der Waals surface area contributed by atoms with Gasteiger partial charge >= 0.3 is 11.9 Å². The Hall–Kier alpha value is -2.02. The highest BCUT2D eigenvalue weighted by molar-refractivity contribution is 9.10. The van der Waals surface area contributed by atoms with Crippen molar-refractivity contribution in [3.05, 3.63) is 40.1 Å². The van der Waals surface area contributed by atoms with Crippen molar-refractivity contribution in [1.29, 1.82) is 0 Å². The third kappa shape index (κ3) is 8.57. The van der Waals surface area contributed by atoms with Gasteiger partial charge in [-0.2, -0.15) is 0 Å². The lowest BCUT2D eigenvalue weighted by Gasteiger charge is -2.06. The lowest BCUT2D eigenvalue weighted by molar-refractivity contribution is -0.146. The van der Waals surface area contributed by atoms with Gasteiger partial charge in [-0.05, 0) is 45.4 Å². The van der Waals surface area contributed by atoms with E-state index in [1.807, 2.05) is 25.1 Å². The van der Waals surface area contributed by atoms with Crippen LogP contribution in [0.2, 0.25) is 0 Å². The molecule has 0 unspecified atom stereocenters. The highest BCUT2D eigenvalue weighted by Crippen LogP contribution is 2.17. The van der Waals surface area contributed by atoms with Crippen LogP contribution in [0.4, 0.5) is 5.69 Å². The van der Waals surface area contributed by atoms with E-state index in [1.54, 1.807) is 20.8 Å². The lowest BCUT2D eigenvalue weighted by Crippen LogP contribution is -2.18. The second-order valence-corrected chi connectivity index (χ2v) is 5.29. The molecule has 0 aliphatic carbocycles. The average molecular weight is 402 g/mol. The molecule has 6 nitrogen and oxygen atoms in total. The maximum Gasteiger partial charge on any atom is 0.348 e. The molecule has 0 fully saturated rings. The van der Waals surface area contributed by atoms with E-state index in [4.69, 9.17) is 10.5 Å². The number of hydrogen-bond acceptors (Lipinski definition) is 6. The molecule has 134 valence electrons. The summed E-state index contributed by atoms with van der Waals surface area (Å²) in [4.78, 5) is 22.6. The number of halogens is 1. The van der Waals surface area contributed by atoms with E-state index in [1.165, 1.54) is 5.56 Å². The number of carbonyl (C=O) groups excluding carboxylic acids is 2. The Balaban J connectivity index is 0.000000496. The van der Waals surface area contributed by atoms with E-state index < -0.39 is 11.9 Å². The van der Waals surface area contributed by atoms with Gasteiger partial charge in [0.15, 0.2) is 5.57 Å². The predicted molar refractivity (Wildman–Crippen MR) is 96.3 cm³/mol. The zero-order chi connectivity index (χ0) is 18.5. The second-order valence-electron chi connectivity index (χ2n) is 4.44. The summed E-state index contributed by atoms with van der Waals surface area (Å²) in [6.07, 6.45) is 1.07. The lowest BCUT2D eigenvalue weighted by atomic mass is 10.2. The van der Waals surface area contributed by atoms with Crippen molar-refractivity contribution < 1.29 is 23.8 Å². The Morgan fingerprint density at radius 3 is 2.00 bits per heavy atom. The molecule has 1 aromatic rings. The fourth-order valence-electron chi connectivity index (χ4n) is 1.37. The van der Waals surface area contributed by atoms with Crippen LogP contribution in [0.5, 0.6) is 0 Å². The highest BCUT2D eigenvalue weighted by Gasteiger charge is 2.21. The van der Waals surface area contributed by atoms with Gasteiger partial charge in [-0.1, -0.05) is 22.0 Å². The van der Waals surface area contributed by atoms with Crippen molar-refractivity contribution in [3.8, 4) is 0 Å². The number of aryl methyl sites for hydroxylation is 1. The zero-order valence-electron chi connectivity index (χ0n) is 14.4. The molecule has 0 aromatic heterocycles. The fraction of sp³-hybridized carbons (Fsp3) is 0.412. The maximum absolute atomic E-state index is 11.3. The Labute approximate surface area is 151 Å². The summed E-state index contributed by atoms with van der Waals surface area (Å²) in [6, 6.07) is 5.77. The number of rotatable bonds is 6. The van der Waals surface area contributed by atoms with Gasteiger partial charge in [0.05, 0.1) is 19.8 Å². The minimum atomic E-state index is -0.732. The summed E-state index contributed by atoms with van der Waals surface area (Å²) in [5.41, 5.74) is 7.29. The van der Waals surface area contributed by atoms with E-state index >= 15 is 0 Å². The Morgan fingerprint density at radius 2 is 1.62 bits per heavy atom. The third-order valence-corrected chi connectivity index (χ3v) is 3.41. The number of benzene rings is 1. The van der Waals surface area contributed by atoms with E-state index in [-0.39, 0.29) is 18.8 Å². The summed E-state index contributed by atoms with van der Waals surface area (Å²) < 4.78 is 15.3. The van der Waals surface area contributed by atoms with E-state index in [2.05, 4.69) is 25.4 Å². The van der Waals surface area contributed by atoms with Gasteiger partial charge in [0.25, 0.3) is 0 Å². The van der Waals surface area contributed by atoms with Crippen LogP contribution < -0.4 is 5.73 Å². The van der Waals surface area contributed by atoms with Crippen molar-refractivity contribution in [2.75, 3.05) is 25.6 Å². The number of esters is 2. The average Bonchev–Trinajstić information content (AvgIpc) is 2.53. The normalized spacial score (nSPS) is 9.21. The number of nitrogens with two attached hydrogens (primary N) is 1. The first-order valence-electron chi connectivity index (χ1n) is 7.54. The number of ether oxygens (including phenoxy) is 3. The van der Waals surface area contributed by atoms with E-state index in [9.17, 15) is 9.59 Å². The Morgan fingerprint density at radius 1 is 1.08 bits per heavy atom. The van der Waals surface area contributed by atoms with Crippen LogP contribution in [0.15, 0.2) is 34.5 Å². The SMILES string of the molecule is CCOC=C(C(=O)OCC)C(=O)OCC.Cc1ccc(N)cc1Br. The fourth-order valence-corrected chi connectivity index (χ4v) is 1.77. The van der Waals surface area contributed by atoms with Crippen LogP contribution >= 0.6 is 15.9 Å². The molecule has 0 spiro atoms. The van der Waals surface area contributed by atoms with Crippen LogP contribution in [0.1, 0.15) is 26.3 Å². The van der Waals surface area contributed by atoms with Gasteiger partial charge < -0.3 is 19.9 Å². The largest absolute Gasteiger partial charge is 0.500 e. The number of carbonyl (C=O) groups is 2. The molecule has 0 radical (unpaired) electrons. The van der Waals surface area contributed by atoms with E-state index in [0.29, 0.717) is 6.61 Å². The number of nitrogen functional groups attached to an aromatic ring is 1. The number of hydrogen-bond donors (Lipinski definition) is 1. The van der Waals surface area contributed by atoms with Gasteiger partial charge in [-0.3, -0.25) is 0 Å². The summed E-state index contributed by atoms with van der Waals surface area (Å²) in [7, 11) is 0. The quantitative estimate of drug-likeness (QED) is 0.196. The molecule has 0 heterocycles. The van der Waals surface area contributed by atoms with Gasteiger partial charge in [-0.25, -0.2) is 9.59 Å². The molecule has 1 aromatic carbocycles. The van der Waals surface area contributed by atoms with Crippen molar-refractivity contribution in [2.24, 2.45) is 0 Å². The molecule has 0 amide bonds.